The first-order chi connectivity index (χ1) is 15.6. The van der Waals surface area contributed by atoms with E-state index in [2.05, 4.69) is 10.2 Å². The van der Waals surface area contributed by atoms with Crippen LogP contribution in [-0.4, -0.2) is 41.7 Å². The molecule has 172 valence electrons. The molecule has 2 fully saturated rings. The Morgan fingerprint density at radius 3 is 2.28 bits per heavy atom. The third-order valence-electron chi connectivity index (χ3n) is 6.32. The summed E-state index contributed by atoms with van der Waals surface area (Å²) in [6.07, 6.45) is 4.24. The highest BCUT2D eigenvalue weighted by Gasteiger charge is 2.33. The van der Waals surface area contributed by atoms with E-state index in [1.165, 1.54) is 26.2 Å². The smallest absolute Gasteiger partial charge is 0.217 e. The highest BCUT2D eigenvalue weighted by atomic mass is 16.7. The number of hydrogen-bond donors (Lipinski definition) is 2. The summed E-state index contributed by atoms with van der Waals surface area (Å²) in [5, 5.41) is 12.2. The number of likely N-dealkylation sites (tertiary alicyclic amines) is 1. The summed E-state index contributed by atoms with van der Waals surface area (Å²) in [5.41, 5.74) is 4.04. The van der Waals surface area contributed by atoms with Crippen LogP contribution in [0.1, 0.15) is 67.3 Å². The van der Waals surface area contributed by atoms with Crippen LogP contribution in [0.4, 0.5) is 0 Å². The number of benzene rings is 2. The van der Waals surface area contributed by atoms with Crippen LogP contribution in [0.15, 0.2) is 48.5 Å². The molecule has 2 saturated heterocycles. The van der Waals surface area contributed by atoms with Crippen molar-refractivity contribution in [2.24, 2.45) is 0 Å². The predicted molar refractivity (Wildman–Crippen MR) is 123 cm³/mol. The van der Waals surface area contributed by atoms with Gasteiger partial charge in [-0.15, -0.1) is 0 Å². The van der Waals surface area contributed by atoms with Crippen molar-refractivity contribution < 1.29 is 19.4 Å². The van der Waals surface area contributed by atoms with E-state index >= 15 is 0 Å². The number of nitrogens with zero attached hydrogens (tertiary/aromatic N) is 1. The van der Waals surface area contributed by atoms with E-state index < -0.39 is 6.29 Å². The summed E-state index contributed by atoms with van der Waals surface area (Å²) in [4.78, 5) is 13.7. The number of hydrogen-bond acceptors (Lipinski definition) is 5. The molecule has 0 aromatic heterocycles. The number of ether oxygens (including phenoxy) is 2. The van der Waals surface area contributed by atoms with Crippen LogP contribution in [0.5, 0.6) is 0 Å². The van der Waals surface area contributed by atoms with Gasteiger partial charge in [0.05, 0.1) is 18.8 Å². The van der Waals surface area contributed by atoms with E-state index in [0.29, 0.717) is 6.54 Å². The Bertz CT molecular complexity index is 862. The van der Waals surface area contributed by atoms with Gasteiger partial charge in [-0.25, -0.2) is 0 Å². The number of aliphatic hydroxyl groups excluding tert-OH is 1. The van der Waals surface area contributed by atoms with Crippen LogP contribution in [0.25, 0.3) is 0 Å². The second-order valence-corrected chi connectivity index (χ2v) is 8.86. The molecule has 0 radical (unpaired) electrons. The van der Waals surface area contributed by atoms with Crippen molar-refractivity contribution in [2.45, 2.75) is 64.3 Å². The molecule has 2 heterocycles. The van der Waals surface area contributed by atoms with Crippen LogP contribution in [0.2, 0.25) is 0 Å². The van der Waals surface area contributed by atoms with Gasteiger partial charge in [-0.3, -0.25) is 4.79 Å². The molecule has 0 bridgehead atoms. The molecule has 2 aliphatic rings. The van der Waals surface area contributed by atoms with Crippen LogP contribution < -0.4 is 5.32 Å². The van der Waals surface area contributed by atoms with Crippen LogP contribution >= 0.6 is 0 Å². The Morgan fingerprint density at radius 1 is 0.969 bits per heavy atom. The third kappa shape index (κ3) is 6.17. The van der Waals surface area contributed by atoms with Gasteiger partial charge in [0.2, 0.25) is 5.91 Å². The van der Waals surface area contributed by atoms with E-state index in [4.69, 9.17) is 9.47 Å². The molecule has 0 aliphatic carbocycles. The number of amides is 1. The fourth-order valence-electron chi connectivity index (χ4n) is 4.48. The molecule has 1 amide bonds. The van der Waals surface area contributed by atoms with Gasteiger partial charge >= 0.3 is 0 Å². The number of nitrogens with one attached hydrogen (secondary N) is 1. The van der Waals surface area contributed by atoms with Crippen molar-refractivity contribution in [2.75, 3.05) is 19.6 Å². The quantitative estimate of drug-likeness (QED) is 0.687. The minimum Gasteiger partial charge on any atom is -0.392 e. The summed E-state index contributed by atoms with van der Waals surface area (Å²) < 4.78 is 12.9. The molecular weight excluding hydrogens is 404 g/mol. The van der Waals surface area contributed by atoms with Gasteiger partial charge in [0, 0.05) is 32.0 Å². The number of carbonyl (C=O) groups is 1. The van der Waals surface area contributed by atoms with Gasteiger partial charge in [-0.05, 0) is 42.6 Å². The monoisotopic (exact) mass is 438 g/mol. The topological polar surface area (TPSA) is 71.0 Å². The van der Waals surface area contributed by atoms with E-state index in [9.17, 15) is 9.90 Å². The summed E-state index contributed by atoms with van der Waals surface area (Å²) in [7, 11) is 0. The highest BCUT2D eigenvalue weighted by Crippen LogP contribution is 2.38. The summed E-state index contributed by atoms with van der Waals surface area (Å²) in [6.45, 7) is 5.27. The minimum absolute atomic E-state index is 0.0383. The lowest BCUT2D eigenvalue weighted by Gasteiger charge is -2.39. The second-order valence-electron chi connectivity index (χ2n) is 8.86. The lowest BCUT2D eigenvalue weighted by Crippen LogP contribution is -2.41. The fraction of sp³-hybridized carbons (Fsp3) is 0.500. The van der Waals surface area contributed by atoms with Gasteiger partial charge < -0.3 is 24.8 Å². The largest absolute Gasteiger partial charge is 0.392 e. The van der Waals surface area contributed by atoms with Crippen molar-refractivity contribution in [1.82, 2.24) is 10.2 Å². The molecule has 0 unspecified atom stereocenters. The Hall–Kier alpha value is -2.25. The maximum Gasteiger partial charge on any atom is 0.217 e. The molecule has 0 spiro atoms. The molecule has 2 aliphatic heterocycles. The van der Waals surface area contributed by atoms with Crippen molar-refractivity contribution in [3.8, 4) is 0 Å². The number of aliphatic hydroxyl groups is 1. The van der Waals surface area contributed by atoms with E-state index in [1.807, 2.05) is 48.5 Å². The average molecular weight is 439 g/mol. The standard InChI is InChI=1S/C26H34N2O4/c1-19(30)27-16-20-5-11-23(12-6-20)26-31-24(17-28-13-3-2-4-14-28)15-25(32-26)22-9-7-21(18-29)8-10-22/h5-12,24-26,29H,2-4,13-18H2,1H3,(H,27,30)/t24-,25+,26+/m1/s1. The van der Waals surface area contributed by atoms with Crippen molar-refractivity contribution in [3.05, 3.63) is 70.8 Å². The van der Waals surface area contributed by atoms with Gasteiger partial charge in [-0.2, -0.15) is 0 Å². The molecule has 2 aromatic rings. The van der Waals surface area contributed by atoms with E-state index in [0.717, 1.165) is 48.3 Å². The Morgan fingerprint density at radius 2 is 1.62 bits per heavy atom. The molecule has 0 saturated carbocycles. The lowest BCUT2D eigenvalue weighted by molar-refractivity contribution is -0.253. The number of carbonyl (C=O) groups excluding carboxylic acids is 1. The minimum atomic E-state index is -0.434. The van der Waals surface area contributed by atoms with Gasteiger partial charge in [0.25, 0.3) is 0 Å². The molecule has 4 rings (SSSR count). The maximum atomic E-state index is 11.2. The predicted octanol–water partition coefficient (Wildman–Crippen LogP) is 3.85. The normalized spacial score (nSPS) is 24.2. The maximum absolute atomic E-state index is 11.2. The Kier molecular flexibility index (Phi) is 7.92. The van der Waals surface area contributed by atoms with Crippen LogP contribution in [-0.2, 0) is 27.4 Å². The molecular formula is C26H34N2O4. The number of rotatable bonds is 7. The SMILES string of the molecule is CC(=O)NCc1ccc([C@H]2O[C@@H](CN3CCCCC3)C[C@@H](c3ccc(CO)cc3)O2)cc1. The van der Waals surface area contributed by atoms with Crippen LogP contribution in [0, 0.1) is 0 Å². The average Bonchev–Trinajstić information content (AvgIpc) is 2.83. The zero-order valence-electron chi connectivity index (χ0n) is 18.8. The van der Waals surface area contributed by atoms with E-state index in [-0.39, 0.29) is 24.7 Å². The van der Waals surface area contributed by atoms with Gasteiger partial charge in [0.1, 0.15) is 0 Å². The number of piperidine rings is 1. The molecule has 32 heavy (non-hydrogen) atoms. The first-order valence-electron chi connectivity index (χ1n) is 11.7. The van der Waals surface area contributed by atoms with Gasteiger partial charge in [0.15, 0.2) is 6.29 Å². The van der Waals surface area contributed by atoms with Crippen LogP contribution in [0.3, 0.4) is 0 Å². The Balaban J connectivity index is 1.49. The molecule has 6 nitrogen and oxygen atoms in total. The van der Waals surface area contributed by atoms with Crippen molar-refractivity contribution >= 4 is 5.91 Å². The zero-order chi connectivity index (χ0) is 22.3. The van der Waals surface area contributed by atoms with Gasteiger partial charge in [-0.1, -0.05) is 55.0 Å². The molecule has 3 atom stereocenters. The Labute approximate surface area is 190 Å². The summed E-state index contributed by atoms with van der Waals surface area (Å²) in [6, 6.07) is 16.1. The molecule has 6 heteroatoms. The third-order valence-corrected chi connectivity index (χ3v) is 6.32. The summed E-state index contributed by atoms with van der Waals surface area (Å²) in [5.74, 6) is -0.0383. The van der Waals surface area contributed by atoms with Crippen molar-refractivity contribution in [1.29, 1.82) is 0 Å². The summed E-state index contributed by atoms with van der Waals surface area (Å²) >= 11 is 0. The lowest BCUT2D eigenvalue weighted by atomic mass is 9.99. The molecule has 2 aromatic carbocycles. The fourth-order valence-corrected chi connectivity index (χ4v) is 4.48. The highest BCUT2D eigenvalue weighted by molar-refractivity contribution is 5.72. The first-order valence-corrected chi connectivity index (χ1v) is 11.7. The molecule has 2 N–H and O–H groups in total. The zero-order valence-corrected chi connectivity index (χ0v) is 18.8. The van der Waals surface area contributed by atoms with E-state index in [1.54, 1.807) is 0 Å². The first kappa shape index (κ1) is 22.9. The second kappa shape index (κ2) is 11.1. The van der Waals surface area contributed by atoms with Crippen molar-refractivity contribution in [3.63, 3.8) is 0 Å².